The summed E-state index contributed by atoms with van der Waals surface area (Å²) in [4.78, 5) is 4.97. The van der Waals surface area contributed by atoms with E-state index in [1.165, 1.54) is 35.3 Å². The van der Waals surface area contributed by atoms with Crippen LogP contribution in [0.3, 0.4) is 0 Å². The van der Waals surface area contributed by atoms with Gasteiger partial charge < -0.3 is 4.74 Å². The highest BCUT2D eigenvalue weighted by atomic mass is 16.5. The molecule has 0 atom stereocenters. The Morgan fingerprint density at radius 3 is 2.83 bits per heavy atom. The van der Waals surface area contributed by atoms with Crippen LogP contribution in [-0.2, 0) is 11.3 Å². The Morgan fingerprint density at radius 1 is 1.17 bits per heavy atom. The lowest BCUT2D eigenvalue weighted by Gasteiger charge is -2.33. The molecule has 4 rings (SSSR count). The van der Waals surface area contributed by atoms with Crippen LogP contribution in [0.25, 0.3) is 0 Å². The first-order chi connectivity index (χ1) is 11.1. The lowest BCUT2D eigenvalue weighted by molar-refractivity contribution is 0.207. The molecule has 0 spiro atoms. The molecule has 1 aromatic rings. The van der Waals surface area contributed by atoms with Crippen molar-refractivity contribution in [2.24, 2.45) is 10.4 Å². The molecule has 1 fully saturated rings. The minimum Gasteiger partial charge on any atom is -0.487 e. The summed E-state index contributed by atoms with van der Waals surface area (Å²) in [7, 11) is 0. The molecule has 2 heteroatoms. The van der Waals surface area contributed by atoms with E-state index < -0.39 is 0 Å². The van der Waals surface area contributed by atoms with Crippen LogP contribution in [-0.4, -0.2) is 5.71 Å². The van der Waals surface area contributed by atoms with Crippen molar-refractivity contribution < 1.29 is 4.74 Å². The number of fused-ring (bicyclic) bond motifs is 2. The van der Waals surface area contributed by atoms with E-state index in [9.17, 15) is 0 Å². The zero-order valence-electron chi connectivity index (χ0n) is 13.9. The molecule has 0 N–H and O–H groups in total. The fourth-order valence-corrected chi connectivity index (χ4v) is 3.97. The molecular weight excluding hydrogens is 282 g/mol. The molecule has 1 aliphatic heterocycles. The first-order valence-electron chi connectivity index (χ1n) is 8.55. The number of hydrogen-bond acceptors (Lipinski definition) is 2. The standard InChI is InChI=1S/C21H23NO/c1-21(2)13-7-11-17-19(21)16-10-6-12-18(20(16)22-17)23-14-15-8-4-3-5-9-15/h3-6,8-9,12H,7,10-11,13-14H2,1-2H3. The summed E-state index contributed by atoms with van der Waals surface area (Å²) in [5, 5.41) is 0. The molecule has 1 saturated carbocycles. The average Bonchev–Trinajstić information content (AvgIpc) is 2.94. The summed E-state index contributed by atoms with van der Waals surface area (Å²) in [5.74, 6) is 0.931. The zero-order valence-corrected chi connectivity index (χ0v) is 13.9. The predicted octanol–water partition coefficient (Wildman–Crippen LogP) is 5.34. The first kappa shape index (κ1) is 14.5. The van der Waals surface area contributed by atoms with Crippen molar-refractivity contribution in [2.45, 2.75) is 46.1 Å². The van der Waals surface area contributed by atoms with Gasteiger partial charge in [0.2, 0.25) is 0 Å². The lowest BCUT2D eigenvalue weighted by Crippen LogP contribution is -2.26. The Bertz CT molecular complexity index is 747. The molecule has 1 aromatic carbocycles. The maximum absolute atomic E-state index is 6.11. The van der Waals surface area contributed by atoms with Crippen molar-refractivity contribution in [1.82, 2.24) is 0 Å². The van der Waals surface area contributed by atoms with Gasteiger partial charge in [-0.3, -0.25) is 0 Å². The van der Waals surface area contributed by atoms with Crippen LogP contribution < -0.4 is 0 Å². The van der Waals surface area contributed by atoms with E-state index in [-0.39, 0.29) is 5.41 Å². The second-order valence-electron chi connectivity index (χ2n) is 7.24. The van der Waals surface area contributed by atoms with Gasteiger partial charge in [-0.05, 0) is 53.9 Å². The topological polar surface area (TPSA) is 21.6 Å². The van der Waals surface area contributed by atoms with Gasteiger partial charge in [0, 0.05) is 5.71 Å². The third-order valence-electron chi connectivity index (χ3n) is 5.08. The van der Waals surface area contributed by atoms with E-state index in [1.54, 1.807) is 0 Å². The molecule has 1 heterocycles. The molecule has 0 amide bonds. The molecule has 0 saturated heterocycles. The number of aliphatic imine (C=N–C) groups is 1. The number of nitrogens with zero attached hydrogens (tertiary/aromatic N) is 1. The smallest absolute Gasteiger partial charge is 0.145 e. The van der Waals surface area contributed by atoms with Crippen molar-refractivity contribution >= 4 is 5.71 Å². The van der Waals surface area contributed by atoms with Gasteiger partial charge in [0.1, 0.15) is 18.1 Å². The monoisotopic (exact) mass is 305 g/mol. The Labute approximate surface area is 138 Å². The number of ether oxygens (including phenoxy) is 1. The molecule has 0 bridgehead atoms. The summed E-state index contributed by atoms with van der Waals surface area (Å²) < 4.78 is 6.11. The Hall–Kier alpha value is -2.09. The quantitative estimate of drug-likeness (QED) is 0.739. The summed E-state index contributed by atoms with van der Waals surface area (Å²) in [6.07, 6.45) is 8.90. The van der Waals surface area contributed by atoms with Crippen molar-refractivity contribution in [1.29, 1.82) is 0 Å². The van der Waals surface area contributed by atoms with Gasteiger partial charge >= 0.3 is 0 Å². The van der Waals surface area contributed by atoms with E-state index in [4.69, 9.17) is 9.73 Å². The third kappa shape index (κ3) is 2.56. The van der Waals surface area contributed by atoms with E-state index in [2.05, 4.69) is 38.1 Å². The number of hydrogen-bond donors (Lipinski definition) is 0. The Kier molecular flexibility index (Phi) is 3.48. The second kappa shape index (κ2) is 5.52. The molecule has 2 nitrogen and oxygen atoms in total. The second-order valence-corrected chi connectivity index (χ2v) is 7.24. The van der Waals surface area contributed by atoms with E-state index in [0.29, 0.717) is 6.61 Å². The predicted molar refractivity (Wildman–Crippen MR) is 94.1 cm³/mol. The zero-order chi connectivity index (χ0) is 15.9. The van der Waals surface area contributed by atoms with Gasteiger partial charge in [-0.2, -0.15) is 0 Å². The Balaban J connectivity index is 1.67. The summed E-state index contributed by atoms with van der Waals surface area (Å²) in [6, 6.07) is 10.3. The summed E-state index contributed by atoms with van der Waals surface area (Å²) in [5.41, 5.74) is 6.71. The number of benzene rings is 1. The van der Waals surface area contributed by atoms with Crippen molar-refractivity contribution in [3.8, 4) is 0 Å². The van der Waals surface area contributed by atoms with Crippen LogP contribution in [0.15, 0.2) is 70.1 Å². The van der Waals surface area contributed by atoms with E-state index in [1.807, 2.05) is 18.2 Å². The van der Waals surface area contributed by atoms with Gasteiger partial charge in [0.15, 0.2) is 0 Å². The van der Waals surface area contributed by atoms with Crippen molar-refractivity contribution in [3.05, 3.63) is 70.6 Å². The Morgan fingerprint density at radius 2 is 2.00 bits per heavy atom. The van der Waals surface area contributed by atoms with E-state index in [0.717, 1.165) is 24.3 Å². The van der Waals surface area contributed by atoms with Crippen LogP contribution in [0.4, 0.5) is 0 Å². The molecule has 3 aliphatic rings. The van der Waals surface area contributed by atoms with E-state index >= 15 is 0 Å². The molecular formula is C21H23NO. The van der Waals surface area contributed by atoms with Crippen molar-refractivity contribution in [3.63, 3.8) is 0 Å². The van der Waals surface area contributed by atoms with Gasteiger partial charge in [-0.15, -0.1) is 0 Å². The molecule has 0 unspecified atom stereocenters. The minimum absolute atomic E-state index is 0.240. The highest BCUT2D eigenvalue weighted by Crippen LogP contribution is 2.48. The number of allylic oxidation sites excluding steroid dienone is 4. The van der Waals surface area contributed by atoms with Gasteiger partial charge in [-0.1, -0.05) is 50.3 Å². The van der Waals surface area contributed by atoms with Gasteiger partial charge in [0.25, 0.3) is 0 Å². The SMILES string of the molecule is CC1(C)CCCC2=NC3=C(OCc4ccccc4)C=CCC3=C21. The molecule has 0 aromatic heterocycles. The highest BCUT2D eigenvalue weighted by molar-refractivity contribution is 6.06. The van der Waals surface area contributed by atoms with Gasteiger partial charge in [0.05, 0.1) is 0 Å². The maximum Gasteiger partial charge on any atom is 0.145 e. The van der Waals surface area contributed by atoms with Crippen LogP contribution in [0.2, 0.25) is 0 Å². The lowest BCUT2D eigenvalue weighted by atomic mass is 9.70. The van der Waals surface area contributed by atoms with Crippen LogP contribution in [0, 0.1) is 5.41 Å². The van der Waals surface area contributed by atoms with Crippen molar-refractivity contribution in [2.75, 3.05) is 0 Å². The molecule has 0 radical (unpaired) electrons. The minimum atomic E-state index is 0.240. The van der Waals surface area contributed by atoms with Crippen LogP contribution >= 0.6 is 0 Å². The molecule has 118 valence electrons. The maximum atomic E-state index is 6.11. The normalized spacial score (nSPS) is 21.9. The largest absolute Gasteiger partial charge is 0.487 e. The highest BCUT2D eigenvalue weighted by Gasteiger charge is 2.38. The fourth-order valence-electron chi connectivity index (χ4n) is 3.97. The fraction of sp³-hybridized carbons (Fsp3) is 0.381. The summed E-state index contributed by atoms with van der Waals surface area (Å²) in [6.45, 7) is 5.31. The van der Waals surface area contributed by atoms with Gasteiger partial charge in [-0.25, -0.2) is 4.99 Å². The van der Waals surface area contributed by atoms with Crippen LogP contribution in [0.1, 0.15) is 45.1 Å². The first-order valence-corrected chi connectivity index (χ1v) is 8.55. The average molecular weight is 305 g/mol. The molecule has 2 aliphatic carbocycles. The van der Waals surface area contributed by atoms with Crippen LogP contribution in [0.5, 0.6) is 0 Å². The number of rotatable bonds is 3. The summed E-state index contributed by atoms with van der Waals surface area (Å²) >= 11 is 0. The third-order valence-corrected chi connectivity index (χ3v) is 5.08. The molecule has 23 heavy (non-hydrogen) atoms.